The average molecular weight is 403 g/mol. The van der Waals surface area contributed by atoms with Gasteiger partial charge < -0.3 is 9.47 Å². The van der Waals surface area contributed by atoms with Crippen molar-refractivity contribution in [1.29, 1.82) is 0 Å². The molecule has 0 amide bonds. The molecule has 4 aliphatic carbocycles. The van der Waals surface area contributed by atoms with Gasteiger partial charge in [0.2, 0.25) is 0 Å². The standard InChI is InChI=1S/C25H38O4/c1-5-22(26)28-17-11-13-24(3)16(15-17)7-8-18-19-9-10-21(29-23(27)6-2)25(19,4)14-12-20(18)24/h7,17-21H,5-6,8-15H2,1-4H3/t17-,18-,19+,20-,21+,24+,25+/m1/s1. The zero-order chi connectivity index (χ0) is 20.8. The number of rotatable bonds is 4. The predicted molar refractivity (Wildman–Crippen MR) is 112 cm³/mol. The van der Waals surface area contributed by atoms with Crippen molar-refractivity contribution in [2.75, 3.05) is 0 Å². The number of hydrogen-bond donors (Lipinski definition) is 0. The van der Waals surface area contributed by atoms with Gasteiger partial charge in [0.15, 0.2) is 0 Å². The first-order valence-corrected chi connectivity index (χ1v) is 11.9. The van der Waals surface area contributed by atoms with Crippen molar-refractivity contribution in [3.05, 3.63) is 11.6 Å². The third-order valence-electron chi connectivity index (χ3n) is 9.12. The fraction of sp³-hybridized carbons (Fsp3) is 0.840. The van der Waals surface area contributed by atoms with Crippen molar-refractivity contribution in [3.8, 4) is 0 Å². The SMILES string of the molecule is CCC(=O)O[C@@H]1CC[C@@]2(C)C(=CC[C@H]3[C@H]2CC[C@]2(C)[C@@H](OC(=O)CC)CC[C@@H]32)C1. The topological polar surface area (TPSA) is 52.6 Å². The third kappa shape index (κ3) is 3.45. The van der Waals surface area contributed by atoms with Crippen molar-refractivity contribution in [1.82, 2.24) is 0 Å². The number of esters is 2. The summed E-state index contributed by atoms with van der Waals surface area (Å²) in [5.41, 5.74) is 1.92. The molecule has 0 saturated heterocycles. The normalized spacial score (nSPS) is 43.4. The second kappa shape index (κ2) is 7.74. The monoisotopic (exact) mass is 402 g/mol. The molecule has 0 aromatic heterocycles. The van der Waals surface area contributed by atoms with E-state index in [9.17, 15) is 9.59 Å². The van der Waals surface area contributed by atoms with Crippen LogP contribution in [0.3, 0.4) is 0 Å². The first-order valence-electron chi connectivity index (χ1n) is 11.9. The summed E-state index contributed by atoms with van der Waals surface area (Å²) in [6.07, 6.45) is 12.4. The van der Waals surface area contributed by atoms with E-state index in [1.807, 2.05) is 13.8 Å². The Hall–Kier alpha value is -1.32. The van der Waals surface area contributed by atoms with Crippen molar-refractivity contribution >= 4 is 11.9 Å². The van der Waals surface area contributed by atoms with Crippen LogP contribution in [0.4, 0.5) is 0 Å². The van der Waals surface area contributed by atoms with E-state index in [2.05, 4.69) is 19.9 Å². The summed E-state index contributed by atoms with van der Waals surface area (Å²) >= 11 is 0. The van der Waals surface area contributed by atoms with Crippen LogP contribution >= 0.6 is 0 Å². The predicted octanol–water partition coefficient (Wildman–Crippen LogP) is 5.59. The molecule has 0 spiro atoms. The Morgan fingerprint density at radius 2 is 1.69 bits per heavy atom. The molecular weight excluding hydrogens is 364 g/mol. The number of allylic oxidation sites excluding steroid dienone is 1. The van der Waals surface area contributed by atoms with Crippen LogP contribution in [-0.2, 0) is 19.1 Å². The van der Waals surface area contributed by atoms with Gasteiger partial charge in [-0.25, -0.2) is 0 Å². The Morgan fingerprint density at radius 1 is 0.966 bits per heavy atom. The number of ether oxygens (including phenoxy) is 2. The molecule has 29 heavy (non-hydrogen) atoms. The summed E-state index contributed by atoms with van der Waals surface area (Å²) < 4.78 is 11.6. The molecule has 7 atom stereocenters. The average Bonchev–Trinajstić information content (AvgIpc) is 3.04. The Labute approximate surface area is 175 Å². The molecule has 0 bridgehead atoms. The number of hydrogen-bond acceptors (Lipinski definition) is 4. The Morgan fingerprint density at radius 3 is 2.41 bits per heavy atom. The summed E-state index contributed by atoms with van der Waals surface area (Å²) in [4.78, 5) is 23.7. The van der Waals surface area contributed by atoms with Crippen LogP contribution in [0.25, 0.3) is 0 Å². The van der Waals surface area contributed by atoms with Crippen LogP contribution < -0.4 is 0 Å². The second-order valence-electron chi connectivity index (χ2n) is 10.4. The zero-order valence-electron chi connectivity index (χ0n) is 18.7. The lowest BCUT2D eigenvalue weighted by atomic mass is 9.48. The van der Waals surface area contributed by atoms with E-state index in [1.165, 1.54) is 18.4 Å². The molecule has 0 aromatic rings. The lowest BCUT2D eigenvalue weighted by molar-refractivity contribution is -0.159. The maximum absolute atomic E-state index is 12.0. The van der Waals surface area contributed by atoms with Crippen LogP contribution in [0.15, 0.2) is 11.6 Å². The fourth-order valence-electron chi connectivity index (χ4n) is 7.38. The molecule has 4 nitrogen and oxygen atoms in total. The highest BCUT2D eigenvalue weighted by atomic mass is 16.5. The van der Waals surface area contributed by atoms with Crippen LogP contribution in [0, 0.1) is 28.6 Å². The van der Waals surface area contributed by atoms with Crippen LogP contribution in [0.1, 0.15) is 91.9 Å². The maximum atomic E-state index is 12.0. The van der Waals surface area contributed by atoms with Gasteiger partial charge in [0, 0.05) is 24.7 Å². The molecular formula is C25H38O4. The molecule has 0 unspecified atom stereocenters. The lowest BCUT2D eigenvalue weighted by Crippen LogP contribution is -2.51. The second-order valence-corrected chi connectivity index (χ2v) is 10.4. The number of carbonyl (C=O) groups excluding carboxylic acids is 2. The molecule has 4 rings (SSSR count). The fourth-order valence-corrected chi connectivity index (χ4v) is 7.38. The van der Waals surface area contributed by atoms with E-state index in [-0.39, 0.29) is 35.0 Å². The lowest BCUT2D eigenvalue weighted by Gasteiger charge is -2.57. The van der Waals surface area contributed by atoms with Gasteiger partial charge >= 0.3 is 11.9 Å². The van der Waals surface area contributed by atoms with Gasteiger partial charge in [0.25, 0.3) is 0 Å². The summed E-state index contributed by atoms with van der Waals surface area (Å²) in [7, 11) is 0. The van der Waals surface area contributed by atoms with E-state index < -0.39 is 0 Å². The Balaban J connectivity index is 1.51. The molecule has 0 N–H and O–H groups in total. The van der Waals surface area contributed by atoms with Crippen LogP contribution in [0.2, 0.25) is 0 Å². The third-order valence-corrected chi connectivity index (χ3v) is 9.12. The Kier molecular flexibility index (Phi) is 5.59. The minimum Gasteiger partial charge on any atom is -0.462 e. The van der Waals surface area contributed by atoms with Crippen LogP contribution in [0.5, 0.6) is 0 Å². The largest absolute Gasteiger partial charge is 0.462 e. The van der Waals surface area contributed by atoms with Crippen molar-refractivity contribution in [2.24, 2.45) is 28.6 Å². The Bertz CT molecular complexity index is 697. The van der Waals surface area contributed by atoms with Gasteiger partial charge in [-0.3, -0.25) is 9.59 Å². The quantitative estimate of drug-likeness (QED) is 0.454. The first-order chi connectivity index (χ1) is 13.8. The van der Waals surface area contributed by atoms with Crippen molar-refractivity contribution < 1.29 is 19.1 Å². The minimum atomic E-state index is -0.0695. The smallest absolute Gasteiger partial charge is 0.305 e. The van der Waals surface area contributed by atoms with Gasteiger partial charge in [-0.1, -0.05) is 39.3 Å². The van der Waals surface area contributed by atoms with Gasteiger partial charge in [-0.05, 0) is 68.1 Å². The first kappa shape index (κ1) is 20.9. The van der Waals surface area contributed by atoms with E-state index in [1.54, 1.807) is 0 Å². The summed E-state index contributed by atoms with van der Waals surface area (Å²) in [5.74, 6) is 1.95. The highest BCUT2D eigenvalue weighted by molar-refractivity contribution is 5.69. The zero-order valence-corrected chi connectivity index (χ0v) is 18.7. The highest BCUT2D eigenvalue weighted by Gasteiger charge is 2.59. The molecule has 4 heteroatoms. The maximum Gasteiger partial charge on any atom is 0.305 e. The molecule has 162 valence electrons. The molecule has 3 fully saturated rings. The van der Waals surface area contributed by atoms with Gasteiger partial charge in [0.05, 0.1) is 0 Å². The molecule has 3 saturated carbocycles. The molecule has 0 heterocycles. The van der Waals surface area contributed by atoms with Crippen molar-refractivity contribution in [2.45, 2.75) is 104 Å². The molecule has 4 aliphatic rings. The molecule has 0 radical (unpaired) electrons. The van der Waals surface area contributed by atoms with Crippen molar-refractivity contribution in [3.63, 3.8) is 0 Å². The van der Waals surface area contributed by atoms with Gasteiger partial charge in [0.1, 0.15) is 12.2 Å². The van der Waals surface area contributed by atoms with Gasteiger partial charge in [-0.15, -0.1) is 0 Å². The summed E-state index contributed by atoms with van der Waals surface area (Å²) in [6, 6.07) is 0. The van der Waals surface area contributed by atoms with Crippen LogP contribution in [-0.4, -0.2) is 24.1 Å². The van der Waals surface area contributed by atoms with Gasteiger partial charge in [-0.2, -0.15) is 0 Å². The summed E-state index contributed by atoms with van der Waals surface area (Å²) in [6.45, 7) is 8.61. The van der Waals surface area contributed by atoms with E-state index in [0.717, 1.165) is 38.5 Å². The summed E-state index contributed by atoms with van der Waals surface area (Å²) in [5, 5.41) is 0. The number of carbonyl (C=O) groups is 2. The molecule has 0 aromatic carbocycles. The van der Waals surface area contributed by atoms with E-state index in [4.69, 9.17) is 9.47 Å². The number of fused-ring (bicyclic) bond motifs is 5. The van der Waals surface area contributed by atoms with E-state index >= 15 is 0 Å². The molecule has 0 aliphatic heterocycles. The minimum absolute atomic E-state index is 0.0447. The van der Waals surface area contributed by atoms with E-state index in [0.29, 0.717) is 30.6 Å². The highest BCUT2D eigenvalue weighted by Crippen LogP contribution is 2.65.